The van der Waals surface area contributed by atoms with Crippen LogP contribution < -0.4 is 5.73 Å². The molecule has 0 amide bonds. The zero-order chi connectivity index (χ0) is 12.1. The van der Waals surface area contributed by atoms with Crippen LogP contribution in [0.3, 0.4) is 0 Å². The first-order valence-electron chi connectivity index (χ1n) is 4.88. The van der Waals surface area contributed by atoms with Gasteiger partial charge in [0.25, 0.3) is 0 Å². The molecule has 0 aliphatic heterocycles. The highest BCUT2D eigenvalue weighted by Gasteiger charge is 2.32. The highest BCUT2D eigenvalue weighted by Crippen LogP contribution is 2.28. The van der Waals surface area contributed by atoms with E-state index in [0.717, 1.165) is 6.20 Å². The van der Waals surface area contributed by atoms with Crippen LogP contribution in [0.1, 0.15) is 33.6 Å². The molecule has 0 unspecified atom stereocenters. The maximum absolute atomic E-state index is 12.4. The van der Waals surface area contributed by atoms with Gasteiger partial charge in [-0.3, -0.25) is 0 Å². The van der Waals surface area contributed by atoms with Gasteiger partial charge in [0.1, 0.15) is 5.84 Å². The van der Waals surface area contributed by atoms with E-state index in [1.165, 1.54) is 0 Å². The van der Waals surface area contributed by atoms with E-state index in [1.54, 1.807) is 20.8 Å². The molecule has 15 heavy (non-hydrogen) atoms. The lowest BCUT2D eigenvalue weighted by Gasteiger charge is -2.09. The molecule has 0 rings (SSSR count). The van der Waals surface area contributed by atoms with Crippen molar-refractivity contribution < 1.29 is 13.2 Å². The molecular formula is C10H17F3N2. The van der Waals surface area contributed by atoms with Gasteiger partial charge < -0.3 is 5.73 Å². The minimum atomic E-state index is -4.31. The molecule has 0 atom stereocenters. The van der Waals surface area contributed by atoms with Crippen LogP contribution in [0.15, 0.2) is 16.8 Å². The van der Waals surface area contributed by atoms with Crippen LogP contribution in [0, 0.1) is 5.92 Å². The van der Waals surface area contributed by atoms with Crippen molar-refractivity contribution in [3.8, 4) is 0 Å². The van der Waals surface area contributed by atoms with E-state index >= 15 is 0 Å². The van der Waals surface area contributed by atoms with Crippen molar-refractivity contribution in [2.75, 3.05) is 0 Å². The molecule has 2 nitrogen and oxygen atoms in total. The lowest BCUT2D eigenvalue weighted by Crippen LogP contribution is -2.18. The van der Waals surface area contributed by atoms with Crippen molar-refractivity contribution >= 4 is 5.84 Å². The molecule has 0 heterocycles. The van der Waals surface area contributed by atoms with E-state index in [1.807, 2.05) is 0 Å². The van der Waals surface area contributed by atoms with Gasteiger partial charge in [0.15, 0.2) is 0 Å². The second-order valence-corrected chi connectivity index (χ2v) is 3.61. The molecule has 0 aromatic carbocycles. The van der Waals surface area contributed by atoms with Crippen molar-refractivity contribution in [1.29, 1.82) is 0 Å². The average molecular weight is 222 g/mol. The minimum Gasteiger partial charge on any atom is -0.387 e. The van der Waals surface area contributed by atoms with Gasteiger partial charge in [-0.15, -0.1) is 0 Å². The molecule has 88 valence electrons. The highest BCUT2D eigenvalue weighted by atomic mass is 19.4. The molecule has 0 aromatic heterocycles. The Labute approximate surface area is 88.1 Å². The van der Waals surface area contributed by atoms with Crippen molar-refractivity contribution in [3.63, 3.8) is 0 Å². The highest BCUT2D eigenvalue weighted by molar-refractivity contribution is 5.82. The van der Waals surface area contributed by atoms with Crippen LogP contribution >= 0.6 is 0 Å². The molecule has 0 bridgehead atoms. The van der Waals surface area contributed by atoms with Gasteiger partial charge in [-0.25, -0.2) is 4.99 Å². The van der Waals surface area contributed by atoms with E-state index in [0.29, 0.717) is 6.42 Å². The van der Waals surface area contributed by atoms with Gasteiger partial charge in [0.05, 0.1) is 5.57 Å². The van der Waals surface area contributed by atoms with E-state index in [4.69, 9.17) is 5.73 Å². The molecule has 0 aromatic rings. The van der Waals surface area contributed by atoms with Crippen molar-refractivity contribution in [3.05, 3.63) is 11.8 Å². The number of alkyl halides is 3. The van der Waals surface area contributed by atoms with Gasteiger partial charge in [-0.05, 0) is 6.42 Å². The fraction of sp³-hybridized carbons (Fsp3) is 0.700. The first kappa shape index (κ1) is 14.0. The first-order chi connectivity index (χ1) is 6.79. The summed E-state index contributed by atoms with van der Waals surface area (Å²) in [5.41, 5.74) is 4.81. The fourth-order valence-electron chi connectivity index (χ4n) is 0.850. The van der Waals surface area contributed by atoms with Crippen LogP contribution in [0.2, 0.25) is 0 Å². The third-order valence-corrected chi connectivity index (χ3v) is 1.84. The van der Waals surface area contributed by atoms with Crippen molar-refractivity contribution in [1.82, 2.24) is 0 Å². The number of hydrogen-bond donors (Lipinski definition) is 1. The number of rotatable bonds is 4. The fourth-order valence-corrected chi connectivity index (χ4v) is 0.850. The molecule has 0 spiro atoms. The van der Waals surface area contributed by atoms with Crippen LogP contribution in [0.4, 0.5) is 13.2 Å². The van der Waals surface area contributed by atoms with Crippen LogP contribution in [0.25, 0.3) is 0 Å². The number of amidine groups is 1. The minimum absolute atomic E-state index is 0.0294. The summed E-state index contributed by atoms with van der Waals surface area (Å²) in [4.78, 5) is 3.62. The number of halogens is 3. The van der Waals surface area contributed by atoms with Crippen LogP contribution in [-0.2, 0) is 0 Å². The quantitative estimate of drug-likeness (QED) is 0.575. The summed E-state index contributed by atoms with van der Waals surface area (Å²) in [6.45, 7) is 5.24. The Balaban J connectivity index is 4.78. The summed E-state index contributed by atoms with van der Waals surface area (Å²) in [7, 11) is 0. The smallest absolute Gasteiger partial charge is 0.387 e. The zero-order valence-electron chi connectivity index (χ0n) is 9.23. The summed E-state index contributed by atoms with van der Waals surface area (Å²) in [6.07, 6.45) is -3.07. The second kappa shape index (κ2) is 5.78. The van der Waals surface area contributed by atoms with Gasteiger partial charge in [-0.2, -0.15) is 13.2 Å². The maximum atomic E-state index is 12.4. The number of hydrogen-bond acceptors (Lipinski definition) is 1. The number of nitrogens with zero attached hydrogens (tertiary/aromatic N) is 1. The van der Waals surface area contributed by atoms with E-state index in [-0.39, 0.29) is 18.2 Å². The van der Waals surface area contributed by atoms with E-state index < -0.39 is 11.7 Å². The number of nitrogens with two attached hydrogens (primary N) is 1. The normalized spacial score (nSPS) is 14.9. The van der Waals surface area contributed by atoms with Crippen molar-refractivity contribution in [2.45, 2.75) is 39.8 Å². The molecule has 0 saturated carbocycles. The molecule has 0 aliphatic carbocycles. The van der Waals surface area contributed by atoms with Gasteiger partial charge in [0, 0.05) is 12.1 Å². The Morgan fingerprint density at radius 3 is 2.27 bits per heavy atom. The molecule has 5 heteroatoms. The van der Waals surface area contributed by atoms with Gasteiger partial charge in [-0.1, -0.05) is 27.2 Å². The Hall–Kier alpha value is -1.00. The zero-order valence-corrected chi connectivity index (χ0v) is 9.23. The lowest BCUT2D eigenvalue weighted by atomic mass is 10.1. The Morgan fingerprint density at radius 2 is 1.93 bits per heavy atom. The third-order valence-electron chi connectivity index (χ3n) is 1.84. The average Bonchev–Trinajstić information content (AvgIpc) is 2.09. The predicted octanol–water partition coefficient (Wildman–Crippen LogP) is 3.25. The van der Waals surface area contributed by atoms with Crippen LogP contribution in [0.5, 0.6) is 0 Å². The summed E-state index contributed by atoms with van der Waals surface area (Å²) in [5, 5.41) is 0. The summed E-state index contributed by atoms with van der Waals surface area (Å²) < 4.78 is 37.1. The molecular weight excluding hydrogens is 205 g/mol. The summed E-state index contributed by atoms with van der Waals surface area (Å²) in [6, 6.07) is 0. The Kier molecular flexibility index (Phi) is 5.39. The van der Waals surface area contributed by atoms with Crippen molar-refractivity contribution in [2.24, 2.45) is 16.6 Å². The lowest BCUT2D eigenvalue weighted by molar-refractivity contribution is -0.0942. The summed E-state index contributed by atoms with van der Waals surface area (Å²) in [5.74, 6) is 0.171. The molecule has 0 saturated heterocycles. The Bertz CT molecular complexity index is 252. The molecule has 0 aliphatic rings. The first-order valence-corrected chi connectivity index (χ1v) is 4.88. The van der Waals surface area contributed by atoms with Gasteiger partial charge >= 0.3 is 6.18 Å². The standard InChI is InChI=1S/C10H17F3N2/c1-4-5-8(10(11,12)13)6-15-9(14)7(2)3/h6-7H,4-5H2,1-3H3,(H2,14,15)/b8-6+. The number of aliphatic imine (C=N–C) groups is 1. The third kappa shape index (κ3) is 5.44. The van der Waals surface area contributed by atoms with Gasteiger partial charge in [0.2, 0.25) is 0 Å². The van der Waals surface area contributed by atoms with E-state index in [9.17, 15) is 13.2 Å². The monoisotopic (exact) mass is 222 g/mol. The predicted molar refractivity (Wildman–Crippen MR) is 55.5 cm³/mol. The Morgan fingerprint density at radius 1 is 1.40 bits per heavy atom. The largest absolute Gasteiger partial charge is 0.414 e. The maximum Gasteiger partial charge on any atom is 0.414 e. The molecule has 0 fully saturated rings. The topological polar surface area (TPSA) is 38.4 Å². The number of allylic oxidation sites excluding steroid dienone is 1. The van der Waals surface area contributed by atoms with E-state index in [2.05, 4.69) is 4.99 Å². The SMILES string of the molecule is CCC/C(=C\N=C(N)C(C)C)C(F)(F)F. The van der Waals surface area contributed by atoms with Crippen LogP contribution in [-0.4, -0.2) is 12.0 Å². The molecule has 2 N–H and O–H groups in total. The second-order valence-electron chi connectivity index (χ2n) is 3.61. The molecule has 0 radical (unpaired) electrons. The summed E-state index contributed by atoms with van der Waals surface area (Å²) >= 11 is 0.